The van der Waals surface area contributed by atoms with E-state index in [2.05, 4.69) is 26.6 Å². The Morgan fingerprint density at radius 1 is 1.19 bits per heavy atom. The van der Waals surface area contributed by atoms with Crippen molar-refractivity contribution in [3.63, 3.8) is 0 Å². The van der Waals surface area contributed by atoms with Crippen LogP contribution in [0.25, 0.3) is 0 Å². The molecule has 0 aromatic heterocycles. The number of halogens is 2. The van der Waals surface area contributed by atoms with E-state index in [4.69, 9.17) is 0 Å². The first-order valence-electron chi connectivity index (χ1n) is 8.34. The SMILES string of the molecule is O=C(CCC(=O)N1CC(=O)Nc2ccccc21)NCc1cc(Br)ccc1F. The summed E-state index contributed by atoms with van der Waals surface area (Å²) >= 11 is 3.25. The first-order valence-corrected chi connectivity index (χ1v) is 9.13. The van der Waals surface area contributed by atoms with Crippen LogP contribution in [0.3, 0.4) is 0 Å². The van der Waals surface area contributed by atoms with Crippen molar-refractivity contribution in [1.82, 2.24) is 5.32 Å². The van der Waals surface area contributed by atoms with Crippen molar-refractivity contribution in [2.45, 2.75) is 19.4 Å². The van der Waals surface area contributed by atoms with Gasteiger partial charge in [0.1, 0.15) is 12.4 Å². The minimum atomic E-state index is -0.412. The molecule has 0 aliphatic carbocycles. The van der Waals surface area contributed by atoms with Crippen LogP contribution in [0.4, 0.5) is 15.8 Å². The number of amides is 3. The molecule has 0 fully saturated rings. The lowest BCUT2D eigenvalue weighted by atomic mass is 10.1. The monoisotopic (exact) mass is 433 g/mol. The molecule has 0 atom stereocenters. The van der Waals surface area contributed by atoms with Crippen molar-refractivity contribution < 1.29 is 18.8 Å². The predicted octanol–water partition coefficient (Wildman–Crippen LogP) is 2.97. The normalized spacial score (nSPS) is 13.0. The highest BCUT2D eigenvalue weighted by atomic mass is 79.9. The van der Waals surface area contributed by atoms with E-state index in [1.54, 1.807) is 36.4 Å². The highest BCUT2D eigenvalue weighted by Crippen LogP contribution is 2.29. The molecule has 1 heterocycles. The van der Waals surface area contributed by atoms with E-state index in [1.807, 2.05) is 0 Å². The highest BCUT2D eigenvalue weighted by Gasteiger charge is 2.26. The number of hydrogen-bond donors (Lipinski definition) is 2. The fourth-order valence-electron chi connectivity index (χ4n) is 2.77. The molecule has 0 unspecified atom stereocenters. The van der Waals surface area contributed by atoms with Gasteiger partial charge in [0.15, 0.2) is 0 Å². The minimum absolute atomic E-state index is 0.0350. The summed E-state index contributed by atoms with van der Waals surface area (Å²) in [5, 5.41) is 5.31. The van der Waals surface area contributed by atoms with E-state index in [0.29, 0.717) is 21.4 Å². The third-order valence-electron chi connectivity index (χ3n) is 4.12. The van der Waals surface area contributed by atoms with E-state index in [-0.39, 0.29) is 43.7 Å². The van der Waals surface area contributed by atoms with Crippen LogP contribution < -0.4 is 15.5 Å². The van der Waals surface area contributed by atoms with Crippen molar-refractivity contribution in [3.8, 4) is 0 Å². The van der Waals surface area contributed by atoms with Crippen LogP contribution in [0, 0.1) is 5.82 Å². The highest BCUT2D eigenvalue weighted by molar-refractivity contribution is 9.10. The maximum atomic E-state index is 13.7. The van der Waals surface area contributed by atoms with E-state index >= 15 is 0 Å². The molecule has 140 valence electrons. The number of hydrogen-bond acceptors (Lipinski definition) is 3. The molecule has 1 aliphatic heterocycles. The van der Waals surface area contributed by atoms with Crippen molar-refractivity contribution in [2.75, 3.05) is 16.8 Å². The van der Waals surface area contributed by atoms with E-state index in [1.165, 1.54) is 11.0 Å². The van der Waals surface area contributed by atoms with Crippen molar-refractivity contribution in [1.29, 1.82) is 0 Å². The number of nitrogens with zero attached hydrogens (tertiary/aromatic N) is 1. The summed E-state index contributed by atoms with van der Waals surface area (Å²) in [7, 11) is 0. The molecule has 0 radical (unpaired) electrons. The topological polar surface area (TPSA) is 78.5 Å². The van der Waals surface area contributed by atoms with Gasteiger partial charge in [0.25, 0.3) is 0 Å². The van der Waals surface area contributed by atoms with E-state index in [9.17, 15) is 18.8 Å². The molecule has 1 aliphatic rings. The maximum Gasteiger partial charge on any atom is 0.244 e. The van der Waals surface area contributed by atoms with Crippen LogP contribution in [0.1, 0.15) is 18.4 Å². The predicted molar refractivity (Wildman–Crippen MR) is 103 cm³/mol. The molecule has 27 heavy (non-hydrogen) atoms. The van der Waals surface area contributed by atoms with Gasteiger partial charge in [-0.15, -0.1) is 0 Å². The van der Waals surface area contributed by atoms with Gasteiger partial charge < -0.3 is 15.5 Å². The lowest BCUT2D eigenvalue weighted by Gasteiger charge is -2.29. The zero-order valence-corrected chi connectivity index (χ0v) is 15.9. The first kappa shape index (κ1) is 19.0. The molecule has 2 aromatic carbocycles. The number of anilines is 2. The average molecular weight is 434 g/mol. The van der Waals surface area contributed by atoms with Gasteiger partial charge in [-0.25, -0.2) is 4.39 Å². The van der Waals surface area contributed by atoms with Crippen LogP contribution in [0.15, 0.2) is 46.9 Å². The zero-order valence-electron chi connectivity index (χ0n) is 14.3. The molecule has 0 saturated carbocycles. The maximum absolute atomic E-state index is 13.7. The number of nitrogens with one attached hydrogen (secondary N) is 2. The third-order valence-corrected chi connectivity index (χ3v) is 4.61. The number of carbonyl (C=O) groups excluding carboxylic acids is 3. The fourth-order valence-corrected chi connectivity index (χ4v) is 3.18. The summed E-state index contributed by atoms with van der Waals surface area (Å²) in [5.74, 6) is -1.37. The van der Waals surface area contributed by atoms with Gasteiger partial charge >= 0.3 is 0 Å². The Labute approximate surface area is 163 Å². The lowest BCUT2D eigenvalue weighted by molar-refractivity contribution is -0.125. The molecule has 3 rings (SSSR count). The molecule has 2 aromatic rings. The second-order valence-corrected chi connectivity index (χ2v) is 6.97. The smallest absolute Gasteiger partial charge is 0.244 e. The first-order chi connectivity index (χ1) is 12.9. The summed E-state index contributed by atoms with van der Waals surface area (Å²) < 4.78 is 14.4. The summed E-state index contributed by atoms with van der Waals surface area (Å²) in [5.41, 5.74) is 1.53. The summed E-state index contributed by atoms with van der Waals surface area (Å²) in [6.07, 6.45) is -0.0941. The largest absolute Gasteiger partial charge is 0.352 e. The molecule has 0 spiro atoms. The molecule has 0 bridgehead atoms. The quantitative estimate of drug-likeness (QED) is 0.760. The van der Waals surface area contributed by atoms with Crippen LogP contribution >= 0.6 is 15.9 Å². The summed E-state index contributed by atoms with van der Waals surface area (Å²) in [6, 6.07) is 11.5. The number of benzene rings is 2. The third kappa shape index (κ3) is 4.71. The van der Waals surface area contributed by atoms with Crippen LogP contribution in [0.2, 0.25) is 0 Å². The van der Waals surface area contributed by atoms with Gasteiger partial charge in [-0.05, 0) is 30.3 Å². The second kappa shape index (κ2) is 8.30. The number of rotatable bonds is 5. The number of fused-ring (bicyclic) bond motifs is 1. The number of carbonyl (C=O) groups is 3. The Bertz CT molecular complexity index is 904. The van der Waals surface area contributed by atoms with Crippen molar-refractivity contribution >= 4 is 45.0 Å². The van der Waals surface area contributed by atoms with Crippen LogP contribution in [0.5, 0.6) is 0 Å². The minimum Gasteiger partial charge on any atom is -0.352 e. The Balaban J connectivity index is 1.55. The van der Waals surface area contributed by atoms with Gasteiger partial charge in [-0.2, -0.15) is 0 Å². The molecule has 2 N–H and O–H groups in total. The Kier molecular flexibility index (Phi) is 5.85. The number of para-hydroxylation sites is 2. The second-order valence-electron chi connectivity index (χ2n) is 6.06. The molecule has 6 nitrogen and oxygen atoms in total. The Hall–Kier alpha value is -2.74. The summed E-state index contributed by atoms with van der Waals surface area (Å²) in [6.45, 7) is -0.0476. The molecular weight excluding hydrogens is 417 g/mol. The van der Waals surface area contributed by atoms with E-state index < -0.39 is 5.82 Å². The zero-order chi connectivity index (χ0) is 19.4. The van der Waals surface area contributed by atoms with Crippen LogP contribution in [-0.2, 0) is 20.9 Å². The summed E-state index contributed by atoms with van der Waals surface area (Å²) in [4.78, 5) is 37.6. The van der Waals surface area contributed by atoms with Gasteiger partial charge in [0, 0.05) is 29.4 Å². The fraction of sp³-hybridized carbons (Fsp3) is 0.211. The molecule has 0 saturated heterocycles. The van der Waals surface area contributed by atoms with Crippen LogP contribution in [-0.4, -0.2) is 24.3 Å². The van der Waals surface area contributed by atoms with Crippen molar-refractivity contribution in [3.05, 3.63) is 58.3 Å². The van der Waals surface area contributed by atoms with Gasteiger partial charge in [-0.3, -0.25) is 14.4 Å². The lowest BCUT2D eigenvalue weighted by Crippen LogP contribution is -2.42. The standard InChI is InChI=1S/C19H17BrFN3O3/c20-13-5-6-14(21)12(9-13)10-22-17(25)7-8-19(27)24-11-18(26)23-15-3-1-2-4-16(15)24/h1-6,9H,7-8,10-11H2,(H,22,25)(H,23,26). The Morgan fingerprint density at radius 2 is 1.96 bits per heavy atom. The van der Waals surface area contributed by atoms with Gasteiger partial charge in [0.05, 0.1) is 11.4 Å². The molecule has 3 amide bonds. The molecule has 8 heteroatoms. The Morgan fingerprint density at radius 3 is 2.78 bits per heavy atom. The van der Waals surface area contributed by atoms with E-state index in [0.717, 1.165) is 0 Å². The average Bonchev–Trinajstić information content (AvgIpc) is 2.66. The van der Waals surface area contributed by atoms with Gasteiger partial charge in [-0.1, -0.05) is 28.1 Å². The molecular formula is C19H17BrFN3O3. The van der Waals surface area contributed by atoms with Gasteiger partial charge in [0.2, 0.25) is 17.7 Å². The van der Waals surface area contributed by atoms with Crippen molar-refractivity contribution in [2.24, 2.45) is 0 Å².